The molecule has 0 aliphatic carbocycles. The van der Waals surface area contributed by atoms with E-state index >= 15 is 0 Å². The lowest BCUT2D eigenvalue weighted by Crippen LogP contribution is -2.21. The summed E-state index contributed by atoms with van der Waals surface area (Å²) >= 11 is 11.9. The van der Waals surface area contributed by atoms with Crippen molar-refractivity contribution in [1.29, 1.82) is 5.26 Å². The Morgan fingerprint density at radius 3 is 2.76 bits per heavy atom. The van der Waals surface area contributed by atoms with Gasteiger partial charge in [0, 0.05) is 0 Å². The van der Waals surface area contributed by atoms with E-state index in [1.54, 1.807) is 18.2 Å². The van der Waals surface area contributed by atoms with Crippen LogP contribution in [0.1, 0.15) is 11.5 Å². The smallest absolute Gasteiger partial charge is 0.339 e. The number of nitrogens with zero attached hydrogens (tertiary/aromatic N) is 1. The number of hydrogen-bond donors (Lipinski definition) is 1. The monoisotopic (exact) mass is 322 g/mol. The average molecular weight is 323 g/mol. The fraction of sp³-hybridized carbons (Fsp3) is 0.143. The Balaban J connectivity index is 2.19. The number of benzene rings is 1. The van der Waals surface area contributed by atoms with Gasteiger partial charge in [0.05, 0.1) is 21.5 Å². The third kappa shape index (κ3) is 2.13. The molecule has 2 aliphatic heterocycles. The Morgan fingerprint density at radius 1 is 1.33 bits per heavy atom. The van der Waals surface area contributed by atoms with E-state index in [1.807, 2.05) is 6.07 Å². The molecular weight excluding hydrogens is 315 g/mol. The minimum atomic E-state index is -0.663. The highest BCUT2D eigenvalue weighted by molar-refractivity contribution is 6.42. The number of nitriles is 1. The van der Waals surface area contributed by atoms with Crippen LogP contribution in [-0.4, -0.2) is 12.6 Å². The van der Waals surface area contributed by atoms with Gasteiger partial charge in [-0.05, 0) is 17.7 Å². The summed E-state index contributed by atoms with van der Waals surface area (Å²) in [5.41, 5.74) is 6.81. The van der Waals surface area contributed by atoms with Gasteiger partial charge in [0.15, 0.2) is 5.76 Å². The van der Waals surface area contributed by atoms with Gasteiger partial charge in [-0.1, -0.05) is 29.3 Å². The summed E-state index contributed by atoms with van der Waals surface area (Å²) in [6.45, 7) is 0.00535. The van der Waals surface area contributed by atoms with Crippen LogP contribution in [0.4, 0.5) is 0 Å². The number of esters is 1. The second-order valence-electron chi connectivity index (χ2n) is 4.51. The van der Waals surface area contributed by atoms with Crippen LogP contribution in [0.25, 0.3) is 0 Å². The Morgan fingerprint density at radius 2 is 2.10 bits per heavy atom. The second-order valence-corrected chi connectivity index (χ2v) is 5.33. The second kappa shape index (κ2) is 4.99. The van der Waals surface area contributed by atoms with Gasteiger partial charge in [-0.25, -0.2) is 4.79 Å². The quantitative estimate of drug-likeness (QED) is 0.803. The number of hydrogen-bond acceptors (Lipinski definition) is 5. The SMILES string of the molecule is N#CC1=C(N)OC2=C(C(=O)OC2)[C@@H]1c1ccc(Cl)c(Cl)c1. The molecule has 7 heteroatoms. The number of allylic oxidation sites excluding steroid dienone is 1. The molecule has 3 rings (SSSR count). The van der Waals surface area contributed by atoms with E-state index < -0.39 is 11.9 Å². The Hall–Kier alpha value is -2.16. The molecule has 2 aliphatic rings. The molecule has 1 aromatic rings. The van der Waals surface area contributed by atoms with Crippen LogP contribution in [0.3, 0.4) is 0 Å². The van der Waals surface area contributed by atoms with Crippen molar-refractivity contribution < 1.29 is 14.3 Å². The fourth-order valence-electron chi connectivity index (χ4n) is 2.38. The molecule has 0 aromatic heterocycles. The number of cyclic esters (lactones) is 1. The summed E-state index contributed by atoms with van der Waals surface area (Å²) in [5, 5.41) is 10.0. The molecule has 0 unspecified atom stereocenters. The first-order valence-corrected chi connectivity index (χ1v) is 6.71. The molecular formula is C14H8Cl2N2O3. The third-order valence-corrected chi connectivity index (χ3v) is 4.07. The number of carbonyl (C=O) groups is 1. The van der Waals surface area contributed by atoms with E-state index in [9.17, 15) is 10.1 Å². The Labute approximate surface area is 130 Å². The van der Waals surface area contributed by atoms with Crippen molar-refractivity contribution in [3.05, 3.63) is 56.6 Å². The van der Waals surface area contributed by atoms with Gasteiger partial charge in [-0.3, -0.25) is 0 Å². The van der Waals surface area contributed by atoms with Crippen LogP contribution in [0, 0.1) is 11.3 Å². The first kappa shape index (κ1) is 13.8. The predicted octanol–water partition coefficient (Wildman–Crippen LogP) is 2.61. The summed E-state index contributed by atoms with van der Waals surface area (Å²) in [5.74, 6) is -0.900. The number of nitrogens with two attached hydrogens (primary N) is 1. The largest absolute Gasteiger partial charge is 0.454 e. The van der Waals surface area contributed by atoms with Crippen molar-refractivity contribution in [2.24, 2.45) is 5.73 Å². The number of halogens is 2. The van der Waals surface area contributed by atoms with Crippen LogP contribution >= 0.6 is 23.2 Å². The van der Waals surface area contributed by atoms with Crippen LogP contribution in [0.2, 0.25) is 10.0 Å². The number of carbonyl (C=O) groups excluding carboxylic acids is 1. The van der Waals surface area contributed by atoms with Gasteiger partial charge in [-0.2, -0.15) is 5.26 Å². The van der Waals surface area contributed by atoms with Crippen molar-refractivity contribution in [3.63, 3.8) is 0 Å². The lowest BCUT2D eigenvalue weighted by molar-refractivity contribution is -0.136. The molecule has 0 bridgehead atoms. The maximum absolute atomic E-state index is 11.9. The summed E-state index contributed by atoms with van der Waals surface area (Å²) in [4.78, 5) is 11.9. The molecule has 0 fully saturated rings. The number of ether oxygens (including phenoxy) is 2. The van der Waals surface area contributed by atoms with Crippen molar-refractivity contribution in [1.82, 2.24) is 0 Å². The first-order valence-electron chi connectivity index (χ1n) is 5.95. The minimum absolute atomic E-state index is 0.00535. The molecule has 0 spiro atoms. The van der Waals surface area contributed by atoms with Crippen LogP contribution in [0.5, 0.6) is 0 Å². The highest BCUT2D eigenvalue weighted by Crippen LogP contribution is 2.43. The van der Waals surface area contributed by atoms with E-state index in [1.165, 1.54) is 0 Å². The van der Waals surface area contributed by atoms with Crippen molar-refractivity contribution >= 4 is 29.2 Å². The lowest BCUT2D eigenvalue weighted by Gasteiger charge is -2.23. The summed E-state index contributed by atoms with van der Waals surface area (Å²) < 4.78 is 10.3. The van der Waals surface area contributed by atoms with E-state index in [0.717, 1.165) is 0 Å². The van der Waals surface area contributed by atoms with Crippen molar-refractivity contribution in [2.75, 3.05) is 6.61 Å². The molecule has 0 saturated carbocycles. The Bertz CT molecular complexity index is 762. The van der Waals surface area contributed by atoms with Crippen molar-refractivity contribution in [2.45, 2.75) is 5.92 Å². The molecule has 106 valence electrons. The minimum Gasteiger partial charge on any atom is -0.454 e. The normalized spacial score (nSPS) is 20.8. The highest BCUT2D eigenvalue weighted by Gasteiger charge is 2.41. The molecule has 0 radical (unpaired) electrons. The van der Waals surface area contributed by atoms with Gasteiger partial charge < -0.3 is 15.2 Å². The number of rotatable bonds is 1. The zero-order valence-electron chi connectivity index (χ0n) is 10.5. The van der Waals surface area contributed by atoms with E-state index in [0.29, 0.717) is 21.4 Å². The van der Waals surface area contributed by atoms with Gasteiger partial charge >= 0.3 is 5.97 Å². The van der Waals surface area contributed by atoms with Crippen LogP contribution in [-0.2, 0) is 14.3 Å². The van der Waals surface area contributed by atoms with Gasteiger partial charge in [0.2, 0.25) is 5.88 Å². The van der Waals surface area contributed by atoms with Gasteiger partial charge in [0.25, 0.3) is 0 Å². The molecule has 1 aromatic carbocycles. The molecule has 0 amide bonds. The van der Waals surface area contributed by atoms with Gasteiger partial charge in [-0.15, -0.1) is 0 Å². The zero-order valence-corrected chi connectivity index (χ0v) is 12.0. The third-order valence-electron chi connectivity index (χ3n) is 3.33. The zero-order chi connectivity index (χ0) is 15.1. The van der Waals surface area contributed by atoms with Crippen LogP contribution in [0.15, 0.2) is 41.0 Å². The van der Waals surface area contributed by atoms with E-state index in [2.05, 4.69) is 0 Å². The molecule has 0 saturated heterocycles. The maximum Gasteiger partial charge on any atom is 0.339 e. The molecule has 5 nitrogen and oxygen atoms in total. The average Bonchev–Trinajstić information content (AvgIpc) is 2.81. The molecule has 21 heavy (non-hydrogen) atoms. The summed E-state index contributed by atoms with van der Waals surface area (Å²) in [7, 11) is 0. The molecule has 1 atom stereocenters. The Kier molecular flexibility index (Phi) is 3.28. The van der Waals surface area contributed by atoms with Crippen molar-refractivity contribution in [3.8, 4) is 6.07 Å². The first-order chi connectivity index (χ1) is 10.0. The fourth-order valence-corrected chi connectivity index (χ4v) is 2.69. The molecule has 2 heterocycles. The standard InChI is InChI=1S/C14H8Cl2N2O3/c15-8-2-1-6(3-9(8)16)11-7(4-17)13(18)21-10-5-20-14(19)12(10)11/h1-3,11H,5,18H2/t11-/m1/s1. The van der Waals surface area contributed by atoms with Crippen LogP contribution < -0.4 is 5.73 Å². The summed E-state index contributed by atoms with van der Waals surface area (Å²) in [6.07, 6.45) is 0. The predicted molar refractivity (Wildman–Crippen MR) is 75.1 cm³/mol. The lowest BCUT2D eigenvalue weighted by atomic mass is 9.83. The summed E-state index contributed by atoms with van der Waals surface area (Å²) in [6, 6.07) is 6.86. The van der Waals surface area contributed by atoms with E-state index in [-0.39, 0.29) is 23.6 Å². The molecule has 2 N–H and O–H groups in total. The van der Waals surface area contributed by atoms with E-state index in [4.69, 9.17) is 38.4 Å². The maximum atomic E-state index is 11.9. The highest BCUT2D eigenvalue weighted by atomic mass is 35.5. The van der Waals surface area contributed by atoms with Gasteiger partial charge in [0.1, 0.15) is 18.2 Å². The topological polar surface area (TPSA) is 85.3 Å².